The van der Waals surface area contributed by atoms with Crippen LogP contribution in [0, 0.1) is 0 Å². The molecule has 0 fully saturated rings. The second-order valence-electron chi connectivity index (χ2n) is 3.81. The van der Waals surface area contributed by atoms with Gasteiger partial charge in [-0.15, -0.1) is 0 Å². The zero-order chi connectivity index (χ0) is 13.5. The van der Waals surface area contributed by atoms with Crippen molar-refractivity contribution in [2.24, 2.45) is 0 Å². The highest BCUT2D eigenvalue weighted by Gasteiger charge is 2.18. The van der Waals surface area contributed by atoms with Crippen LogP contribution in [-0.2, 0) is 9.53 Å². The van der Waals surface area contributed by atoms with Crippen molar-refractivity contribution in [3.8, 4) is 5.88 Å². The molecular weight excluding hydrogens is 238 g/mol. The first kappa shape index (κ1) is 14.2. The first-order valence-corrected chi connectivity index (χ1v) is 5.50. The number of nitrogens with one attached hydrogen (secondary N) is 1. The molecule has 2 N–H and O–H groups in total. The van der Waals surface area contributed by atoms with Gasteiger partial charge in [0.05, 0.1) is 19.8 Å². The van der Waals surface area contributed by atoms with Crippen LogP contribution in [0.2, 0.25) is 0 Å². The van der Waals surface area contributed by atoms with Crippen LogP contribution in [0.3, 0.4) is 0 Å². The minimum absolute atomic E-state index is 0.0120. The van der Waals surface area contributed by atoms with Crippen LogP contribution >= 0.6 is 0 Å². The number of ether oxygens (including phenoxy) is 2. The fourth-order valence-electron chi connectivity index (χ4n) is 1.22. The molecule has 0 radical (unpaired) electrons. The van der Waals surface area contributed by atoms with Crippen molar-refractivity contribution in [2.75, 3.05) is 19.0 Å². The molecule has 7 heteroatoms. The number of rotatable bonds is 6. The number of nitrogens with zero attached hydrogens (tertiary/aromatic N) is 2. The Hall–Kier alpha value is -1.89. The molecule has 0 amide bonds. The highest BCUT2D eigenvalue weighted by atomic mass is 16.5. The summed E-state index contributed by atoms with van der Waals surface area (Å²) in [6, 6.07) is 0.683. The van der Waals surface area contributed by atoms with Crippen LogP contribution in [0.1, 0.15) is 13.8 Å². The van der Waals surface area contributed by atoms with E-state index in [1.165, 1.54) is 13.4 Å². The number of aliphatic hydroxyl groups excluding tert-OH is 1. The number of carbonyl (C=O) groups is 1. The Bertz CT molecular complexity index is 398. The molecule has 0 aliphatic carbocycles. The summed E-state index contributed by atoms with van der Waals surface area (Å²) in [5.74, 6) is 0.205. The van der Waals surface area contributed by atoms with Crippen LogP contribution in [0.5, 0.6) is 5.88 Å². The third kappa shape index (κ3) is 4.17. The number of esters is 1. The topological polar surface area (TPSA) is 93.6 Å². The lowest BCUT2D eigenvalue weighted by molar-refractivity contribution is -0.142. The molecular formula is C11H17N3O4. The molecule has 1 rings (SSSR count). The van der Waals surface area contributed by atoms with Gasteiger partial charge in [0, 0.05) is 6.07 Å². The van der Waals surface area contributed by atoms with Gasteiger partial charge >= 0.3 is 5.97 Å². The van der Waals surface area contributed by atoms with Gasteiger partial charge in [-0.05, 0) is 13.8 Å². The number of carbonyl (C=O) groups excluding carboxylic acids is 1. The van der Waals surface area contributed by atoms with Gasteiger partial charge in [-0.1, -0.05) is 0 Å². The molecule has 7 nitrogen and oxygen atoms in total. The summed E-state index contributed by atoms with van der Waals surface area (Å²) in [7, 11) is 1.25. The standard InChI is InChI=1S/C11H17N3O4/c1-7(2)18-10-4-9(12-6-13-10)14-8(5-15)11(16)17-3/h4,6-8,15H,5H2,1-3H3,(H,12,13,14). The average Bonchev–Trinajstić information content (AvgIpc) is 2.34. The van der Waals surface area contributed by atoms with E-state index in [1.54, 1.807) is 6.07 Å². The van der Waals surface area contributed by atoms with E-state index in [0.29, 0.717) is 11.7 Å². The number of methoxy groups -OCH3 is 1. The van der Waals surface area contributed by atoms with Crippen molar-refractivity contribution in [2.45, 2.75) is 26.0 Å². The Morgan fingerprint density at radius 3 is 2.78 bits per heavy atom. The minimum Gasteiger partial charge on any atom is -0.475 e. The van der Waals surface area contributed by atoms with Crippen LogP contribution in [0.15, 0.2) is 12.4 Å². The van der Waals surface area contributed by atoms with Crippen LogP contribution in [-0.4, -0.2) is 46.9 Å². The lowest BCUT2D eigenvalue weighted by Gasteiger charge is -2.15. The Balaban J connectivity index is 2.74. The van der Waals surface area contributed by atoms with E-state index in [1.807, 2.05) is 13.8 Å². The van der Waals surface area contributed by atoms with Gasteiger partial charge in [-0.25, -0.2) is 14.8 Å². The monoisotopic (exact) mass is 255 g/mol. The van der Waals surface area contributed by atoms with E-state index in [0.717, 1.165) is 0 Å². The van der Waals surface area contributed by atoms with Crippen molar-refractivity contribution < 1.29 is 19.4 Å². The van der Waals surface area contributed by atoms with Gasteiger partial charge < -0.3 is 19.9 Å². The molecule has 1 aromatic rings. The van der Waals surface area contributed by atoms with Crippen molar-refractivity contribution >= 4 is 11.8 Å². The molecule has 1 aromatic heterocycles. The van der Waals surface area contributed by atoms with Gasteiger partial charge in [-0.2, -0.15) is 0 Å². The Morgan fingerprint density at radius 2 is 2.22 bits per heavy atom. The third-order valence-corrected chi connectivity index (χ3v) is 1.99. The van der Waals surface area contributed by atoms with Crippen LogP contribution in [0.4, 0.5) is 5.82 Å². The zero-order valence-electron chi connectivity index (χ0n) is 10.6. The highest BCUT2D eigenvalue weighted by Crippen LogP contribution is 2.13. The van der Waals surface area contributed by atoms with Crippen LogP contribution < -0.4 is 10.1 Å². The molecule has 18 heavy (non-hydrogen) atoms. The minimum atomic E-state index is -0.864. The van der Waals surface area contributed by atoms with Crippen molar-refractivity contribution in [3.63, 3.8) is 0 Å². The average molecular weight is 255 g/mol. The Kier molecular flexibility index (Phi) is 5.31. The van der Waals surface area contributed by atoms with E-state index in [4.69, 9.17) is 9.84 Å². The molecule has 1 atom stereocenters. The zero-order valence-corrected chi connectivity index (χ0v) is 10.6. The van der Waals surface area contributed by atoms with Gasteiger partial charge in [0.25, 0.3) is 0 Å². The van der Waals surface area contributed by atoms with Crippen molar-refractivity contribution in [3.05, 3.63) is 12.4 Å². The summed E-state index contributed by atoms with van der Waals surface area (Å²) in [6.45, 7) is 3.36. The molecule has 100 valence electrons. The summed E-state index contributed by atoms with van der Waals surface area (Å²) in [6.07, 6.45) is 1.30. The van der Waals surface area contributed by atoms with Gasteiger partial charge in [0.15, 0.2) is 0 Å². The number of anilines is 1. The number of aliphatic hydroxyl groups is 1. The Morgan fingerprint density at radius 1 is 1.50 bits per heavy atom. The van der Waals surface area contributed by atoms with E-state index in [-0.39, 0.29) is 6.10 Å². The summed E-state index contributed by atoms with van der Waals surface area (Å²) in [5.41, 5.74) is 0. The fourth-order valence-corrected chi connectivity index (χ4v) is 1.22. The number of hydrogen-bond acceptors (Lipinski definition) is 7. The van der Waals surface area contributed by atoms with E-state index in [9.17, 15) is 4.79 Å². The first-order valence-electron chi connectivity index (χ1n) is 5.50. The summed E-state index contributed by atoms with van der Waals surface area (Å²) < 4.78 is 9.92. The molecule has 0 saturated heterocycles. The predicted molar refractivity (Wildman–Crippen MR) is 64.3 cm³/mol. The van der Waals surface area contributed by atoms with Crippen LogP contribution in [0.25, 0.3) is 0 Å². The van der Waals surface area contributed by atoms with E-state index < -0.39 is 18.6 Å². The van der Waals surface area contributed by atoms with E-state index in [2.05, 4.69) is 20.0 Å². The van der Waals surface area contributed by atoms with Gasteiger partial charge in [0.2, 0.25) is 5.88 Å². The lowest BCUT2D eigenvalue weighted by atomic mass is 10.3. The second-order valence-corrected chi connectivity index (χ2v) is 3.81. The molecule has 1 heterocycles. The summed E-state index contributed by atoms with van der Waals surface area (Å²) in [4.78, 5) is 19.1. The predicted octanol–water partition coefficient (Wildman–Crippen LogP) is 0.210. The van der Waals surface area contributed by atoms with Gasteiger partial charge in [0.1, 0.15) is 18.2 Å². The summed E-state index contributed by atoms with van der Waals surface area (Å²) in [5, 5.41) is 11.8. The molecule has 0 bridgehead atoms. The molecule has 0 aromatic carbocycles. The molecule has 0 aliphatic heterocycles. The summed E-state index contributed by atoms with van der Waals surface area (Å²) >= 11 is 0. The third-order valence-electron chi connectivity index (χ3n) is 1.99. The fraction of sp³-hybridized carbons (Fsp3) is 0.545. The van der Waals surface area contributed by atoms with Gasteiger partial charge in [-0.3, -0.25) is 0 Å². The first-order chi connectivity index (χ1) is 8.56. The molecule has 0 aliphatic rings. The van der Waals surface area contributed by atoms with Crippen molar-refractivity contribution in [1.82, 2.24) is 9.97 Å². The molecule has 0 saturated carbocycles. The van der Waals surface area contributed by atoms with E-state index >= 15 is 0 Å². The second kappa shape index (κ2) is 6.75. The molecule has 1 unspecified atom stereocenters. The maximum atomic E-state index is 11.3. The quantitative estimate of drug-likeness (QED) is 0.702. The number of hydrogen-bond donors (Lipinski definition) is 2. The maximum absolute atomic E-state index is 11.3. The largest absolute Gasteiger partial charge is 0.475 e. The highest BCUT2D eigenvalue weighted by molar-refractivity contribution is 5.78. The normalized spacial score (nSPS) is 12.1. The smallest absolute Gasteiger partial charge is 0.330 e. The Labute approximate surface area is 105 Å². The maximum Gasteiger partial charge on any atom is 0.330 e. The SMILES string of the molecule is COC(=O)C(CO)Nc1cc(OC(C)C)ncn1. The molecule has 0 spiro atoms. The number of aromatic nitrogens is 2. The van der Waals surface area contributed by atoms with Crippen molar-refractivity contribution in [1.29, 1.82) is 0 Å². The lowest BCUT2D eigenvalue weighted by Crippen LogP contribution is -2.34.